The fraction of sp³-hybridized carbons (Fsp3) is 0.379. The molecule has 0 saturated carbocycles. The maximum atomic E-state index is 15.2. The van der Waals surface area contributed by atoms with E-state index in [1.165, 1.54) is 82.0 Å². The van der Waals surface area contributed by atoms with Crippen LogP contribution < -0.4 is 64.2 Å². The zero-order valence-corrected chi connectivity index (χ0v) is 62.4. The molecule has 5 aliphatic rings. The van der Waals surface area contributed by atoms with Crippen LogP contribution in [0.1, 0.15) is 177 Å². The topological polar surface area (TPSA) is 516 Å². The number of thioether (sulfide) groups is 1. The lowest BCUT2D eigenvalue weighted by atomic mass is 9.78. The van der Waals surface area contributed by atoms with Crippen molar-refractivity contribution in [2.45, 2.75) is 151 Å². The monoisotopic (exact) mass is 1570 g/mol. The number of amides is 9. The van der Waals surface area contributed by atoms with Gasteiger partial charge < -0.3 is 83.9 Å². The standard InChI is InChI=1S/C66H74N18O16S6/c1-12-34-59-77-40(20-102-59)56(96)83-48(65(11,99)31(10)87)62-79-42(22-105-62)58(101)82-44-30(9)100-63(98)37-17-33(28(7)85)32-13-14-35(46(88)45(32)73-37)68-24(3)50(90)70-25(4)51(91)71-26(5)52(92)72-27(6)53(93)84-66(64-80-41(21-106-64)55(95)81-43(29(8)86)57(97)75-34)16-15-36(74-47(66)38-18-104-61(44)76-38)60-78-39(19-103-60)54(94)69-23(2)49(67)89/h12-14,17-19,21-22,24,28-31,35-36,40,43-44,46-48,68,74,85-88,99H,2,4-6,15-16,20H2,1,3,7-11H3,(H2,67,89)(H,69,94)(H,70,90)(H,71,91)(H,72,92)(H,75,97)(H,81,95)(H,82,101)(H,83,96)(H,84,93)/b34-12-/t24-,28-,29+,30+,31-,35+,36+,40+,43-,44-,46-,47+,48+,65-,66+/m0/s1. The number of ether oxygens (including phenoxy) is 1. The highest BCUT2D eigenvalue weighted by Crippen LogP contribution is 2.48. The number of aliphatic hydroxyl groups excluding tert-OH is 4. The number of thiocarbonyl (C=S) groups is 1. The minimum atomic E-state index is -2.13. The summed E-state index contributed by atoms with van der Waals surface area (Å²) in [7, 11) is 0. The summed E-state index contributed by atoms with van der Waals surface area (Å²) in [6, 6.07) is -8.90. The Balaban J connectivity index is 1.17. The van der Waals surface area contributed by atoms with Gasteiger partial charge in [0.2, 0.25) is 17.7 Å². The van der Waals surface area contributed by atoms with Crippen molar-refractivity contribution in [2.24, 2.45) is 10.7 Å². The van der Waals surface area contributed by atoms with Crippen molar-refractivity contribution in [3.8, 4) is 0 Å². The van der Waals surface area contributed by atoms with Gasteiger partial charge in [0.15, 0.2) is 0 Å². The molecule has 5 aromatic rings. The summed E-state index contributed by atoms with van der Waals surface area (Å²) in [6.45, 7) is 24.3. The smallest absolute Gasteiger partial charge is 0.357 e. The van der Waals surface area contributed by atoms with Gasteiger partial charge in [-0.25, -0.2) is 29.7 Å². The lowest BCUT2D eigenvalue weighted by Crippen LogP contribution is -2.58. The SMILES string of the molecule is C=C(NC(=O)c1csc([C@H]2CC[C@]34NC(=O)C(=C)NC(=O)C(=C)NC(=O)C(=C)NC(=O)[C@H](C)N[C@@H]5C=Cc6c([C@H](C)O)cc(nc6[C@H]5O)C(=O)O[C@H](C)[C@H](NC(=S)c5csc(n5)[C@H]([C@@](C)(O)[C@H](C)O)NC(=O)[C@H]5CSC(=N5)/C(=C/C)NC(=O)[C@H]([C@@H](C)O)NC(=O)c5csc3n5)c3nc(cs3)[C@H]4N2)n1)C(N)=O. The maximum Gasteiger partial charge on any atom is 0.357 e. The van der Waals surface area contributed by atoms with Gasteiger partial charge in [-0.15, -0.1) is 57.1 Å². The number of primary amides is 1. The molecule has 1 fully saturated rings. The number of aliphatic imine (C=N–C) groups is 1. The first kappa shape index (κ1) is 79.0. The molecule has 18 N–H and O–H groups in total. The number of hydrogen-bond donors (Lipinski definition) is 17. The molecule has 1 aliphatic carbocycles. The Hall–Kier alpha value is -9.56. The minimum absolute atomic E-state index is 0.00398. The van der Waals surface area contributed by atoms with E-state index in [0.29, 0.717) is 0 Å². The van der Waals surface area contributed by atoms with Gasteiger partial charge in [0.1, 0.15) is 100 Å². The molecule has 560 valence electrons. The van der Waals surface area contributed by atoms with E-state index < -0.39 is 178 Å². The van der Waals surface area contributed by atoms with E-state index in [2.05, 4.69) is 99.8 Å². The molecule has 13 bridgehead atoms. The molecule has 5 aromatic heterocycles. The van der Waals surface area contributed by atoms with E-state index in [1.54, 1.807) is 12.3 Å². The van der Waals surface area contributed by atoms with Crippen molar-refractivity contribution >= 4 is 145 Å². The van der Waals surface area contributed by atoms with Crippen molar-refractivity contribution in [3.05, 3.63) is 160 Å². The number of cyclic esters (lactones) is 1. The number of fused-ring (bicyclic) bond motifs is 7. The van der Waals surface area contributed by atoms with Crippen LogP contribution in [0.2, 0.25) is 0 Å². The largest absolute Gasteiger partial charge is 0.455 e. The maximum absolute atomic E-state index is 15.2. The van der Waals surface area contributed by atoms with Gasteiger partial charge in [0.25, 0.3) is 35.4 Å². The van der Waals surface area contributed by atoms with Crippen molar-refractivity contribution in [1.82, 2.24) is 83.4 Å². The number of allylic oxidation sites excluding steroid dienone is 1. The third-order valence-electron chi connectivity index (χ3n) is 17.7. The zero-order valence-electron chi connectivity index (χ0n) is 57.5. The fourth-order valence-corrected chi connectivity index (χ4v) is 16.8. The van der Waals surface area contributed by atoms with Gasteiger partial charge in [-0.05, 0) is 72.9 Å². The molecule has 34 nitrogen and oxygen atoms in total. The highest BCUT2D eigenvalue weighted by molar-refractivity contribution is 8.14. The number of aromatic nitrogens is 5. The summed E-state index contributed by atoms with van der Waals surface area (Å²) >= 11 is 11.0. The molecule has 15 atom stereocenters. The van der Waals surface area contributed by atoms with Gasteiger partial charge in [-0.2, -0.15) is 0 Å². The van der Waals surface area contributed by atoms with Gasteiger partial charge >= 0.3 is 5.97 Å². The summed E-state index contributed by atoms with van der Waals surface area (Å²) in [4.78, 5) is 168. The van der Waals surface area contributed by atoms with E-state index in [4.69, 9.17) is 37.6 Å². The number of pyridine rings is 1. The first-order chi connectivity index (χ1) is 50.0. The summed E-state index contributed by atoms with van der Waals surface area (Å²) < 4.78 is 6.30. The molecule has 0 radical (unpaired) electrons. The quantitative estimate of drug-likeness (QED) is 0.0579. The Labute approximate surface area is 630 Å². The number of piperidine rings is 1. The number of aliphatic hydroxyl groups is 5. The van der Waals surface area contributed by atoms with Gasteiger partial charge in [-0.1, -0.05) is 56.8 Å². The number of thiazole rings is 4. The molecule has 0 aromatic carbocycles. The Kier molecular flexibility index (Phi) is 24.0. The predicted molar refractivity (Wildman–Crippen MR) is 393 cm³/mol. The lowest BCUT2D eigenvalue weighted by Gasteiger charge is -2.45. The van der Waals surface area contributed by atoms with Crippen LogP contribution in [0.25, 0.3) is 6.08 Å². The van der Waals surface area contributed by atoms with E-state index >= 15 is 4.79 Å². The molecule has 9 amide bonds. The number of esters is 1. The lowest BCUT2D eigenvalue weighted by molar-refractivity contribution is -0.128. The van der Waals surface area contributed by atoms with Crippen molar-refractivity contribution in [3.63, 3.8) is 0 Å². The van der Waals surface area contributed by atoms with E-state index in [0.717, 1.165) is 57.1 Å². The first-order valence-electron chi connectivity index (χ1n) is 32.5. The van der Waals surface area contributed by atoms with Crippen LogP contribution >= 0.6 is 69.3 Å². The van der Waals surface area contributed by atoms with Gasteiger partial charge in [0.05, 0.1) is 82.4 Å². The predicted octanol–water partition coefficient (Wildman–Crippen LogP) is 0.745. The summed E-state index contributed by atoms with van der Waals surface area (Å²) in [5, 5.41) is 93.7. The average molecular weight is 1570 g/mol. The summed E-state index contributed by atoms with van der Waals surface area (Å²) in [6.07, 6.45) is -3.03. The molecule has 4 aliphatic heterocycles. The number of nitrogens with one attached hydrogen (secondary N) is 11. The van der Waals surface area contributed by atoms with Gasteiger partial charge in [-0.3, -0.25) is 58.8 Å². The molecule has 10 rings (SSSR count). The molecule has 0 spiro atoms. The van der Waals surface area contributed by atoms with E-state index in [1.807, 2.05) is 0 Å². The van der Waals surface area contributed by atoms with Crippen LogP contribution in [0, 0.1) is 0 Å². The number of nitrogens with two attached hydrogens (primary N) is 1. The fourth-order valence-electron chi connectivity index (χ4n) is 11.5. The molecule has 9 heterocycles. The second-order valence-electron chi connectivity index (χ2n) is 25.4. The van der Waals surface area contributed by atoms with Crippen molar-refractivity contribution in [1.29, 1.82) is 0 Å². The second-order valence-corrected chi connectivity index (χ2v) is 30.3. The van der Waals surface area contributed by atoms with Crippen LogP contribution in [0.5, 0.6) is 0 Å². The zero-order chi connectivity index (χ0) is 77.3. The Morgan fingerprint density at radius 1 is 0.792 bits per heavy atom. The average Bonchev–Trinajstić information content (AvgIpc) is 1.47. The number of nitrogens with zero attached hydrogens (tertiary/aromatic N) is 6. The Bertz CT molecular complexity index is 4590. The highest BCUT2D eigenvalue weighted by atomic mass is 32.2. The molecular formula is C66H74N18O16S6. The minimum Gasteiger partial charge on any atom is -0.455 e. The van der Waals surface area contributed by atoms with Crippen LogP contribution in [0.4, 0.5) is 0 Å². The van der Waals surface area contributed by atoms with Crippen molar-refractivity contribution in [2.75, 3.05) is 5.75 Å². The molecule has 1 saturated heterocycles. The first-order valence-corrected chi connectivity index (χ1v) is 37.4. The molecular weight excluding hydrogens is 1490 g/mol. The Morgan fingerprint density at radius 2 is 1.46 bits per heavy atom. The molecule has 106 heavy (non-hydrogen) atoms. The van der Waals surface area contributed by atoms with Crippen LogP contribution in [-0.4, -0.2) is 173 Å². The summed E-state index contributed by atoms with van der Waals surface area (Å²) in [5.41, 5.74) is -1.49. The van der Waals surface area contributed by atoms with Crippen molar-refractivity contribution < 1.29 is 78.2 Å². The van der Waals surface area contributed by atoms with Gasteiger partial charge in [0, 0.05) is 32.8 Å². The van der Waals surface area contributed by atoms with Crippen LogP contribution in [-0.2, 0) is 43.8 Å². The third kappa shape index (κ3) is 16.8. The van der Waals surface area contributed by atoms with Crippen LogP contribution in [0.15, 0.2) is 99.5 Å². The third-order valence-corrected chi connectivity index (χ3v) is 23.0. The number of carbonyl (C=O) groups is 10. The number of rotatable bonds is 8. The van der Waals surface area contributed by atoms with Crippen LogP contribution in [0.3, 0.4) is 0 Å². The summed E-state index contributed by atoms with van der Waals surface area (Å²) in [5.74, 6) is -9.84. The molecule has 0 unspecified atom stereocenters. The molecule has 40 heteroatoms. The Morgan fingerprint density at radius 3 is 2.13 bits per heavy atom. The highest BCUT2D eigenvalue weighted by Gasteiger charge is 2.52. The second kappa shape index (κ2) is 32.3. The van der Waals surface area contributed by atoms with E-state index in [9.17, 15) is 68.7 Å². The normalized spacial score (nSPS) is 27.2. The number of hydrogen-bond acceptors (Lipinski definition) is 30. The van der Waals surface area contributed by atoms with E-state index in [-0.39, 0.29) is 94.0 Å². The number of carbonyl (C=O) groups excluding carboxylic acids is 10.